The molecule has 1 unspecified atom stereocenters. The molecule has 0 saturated heterocycles. The van der Waals surface area contributed by atoms with Gasteiger partial charge in [0.25, 0.3) is 0 Å². The van der Waals surface area contributed by atoms with Crippen LogP contribution in [0.1, 0.15) is 121 Å². The topological polar surface area (TPSA) is 72.8 Å². The van der Waals surface area contributed by atoms with Gasteiger partial charge in [-0.2, -0.15) is 0 Å². The van der Waals surface area contributed by atoms with E-state index >= 15 is 0 Å². The summed E-state index contributed by atoms with van der Waals surface area (Å²) in [6, 6.07) is 9.52. The molecule has 0 radical (unpaired) electrons. The van der Waals surface area contributed by atoms with Gasteiger partial charge in [0, 0.05) is 11.0 Å². The van der Waals surface area contributed by atoms with Crippen molar-refractivity contribution in [1.82, 2.24) is 0 Å². The van der Waals surface area contributed by atoms with Gasteiger partial charge in [-0.3, -0.25) is 0 Å². The highest BCUT2D eigenvalue weighted by Crippen LogP contribution is 2.45. The third-order valence-corrected chi connectivity index (χ3v) is 9.94. The lowest BCUT2D eigenvalue weighted by Gasteiger charge is -2.39. The maximum absolute atomic E-state index is 12.1. The SMILES string of the molecule is C=C(C)C(=O)OCC(C)(CCC1CCC(C2CCC(c3ccc(CCCCC)cc3)CC2)CC1)COC(=O)C(=C)CO. The molecular formula is C37H56O5. The lowest BCUT2D eigenvalue weighted by atomic mass is 9.67. The Kier molecular flexibility index (Phi) is 13.8. The van der Waals surface area contributed by atoms with Gasteiger partial charge in [0.15, 0.2) is 0 Å². The second-order valence-electron chi connectivity index (χ2n) is 13.6. The lowest BCUT2D eigenvalue weighted by Crippen LogP contribution is -2.33. The molecule has 0 heterocycles. The molecule has 1 aromatic rings. The lowest BCUT2D eigenvalue weighted by molar-refractivity contribution is -0.149. The van der Waals surface area contributed by atoms with Crippen LogP contribution < -0.4 is 0 Å². The summed E-state index contributed by atoms with van der Waals surface area (Å²) in [6.45, 7) is 13.0. The Labute approximate surface area is 255 Å². The molecule has 5 nitrogen and oxygen atoms in total. The van der Waals surface area contributed by atoms with E-state index < -0.39 is 24.0 Å². The Morgan fingerprint density at radius 2 is 1.45 bits per heavy atom. The van der Waals surface area contributed by atoms with Crippen LogP contribution in [0.2, 0.25) is 0 Å². The molecule has 1 aromatic carbocycles. The number of carbonyl (C=O) groups excluding carboxylic acids is 2. The fourth-order valence-corrected chi connectivity index (χ4v) is 6.92. The zero-order valence-electron chi connectivity index (χ0n) is 26.6. The second kappa shape index (κ2) is 17.0. The molecule has 0 amide bonds. The Bertz CT molecular complexity index is 1010. The maximum atomic E-state index is 12.1. The number of esters is 2. The van der Waals surface area contributed by atoms with Gasteiger partial charge < -0.3 is 14.6 Å². The highest BCUT2D eigenvalue weighted by atomic mass is 16.5. The van der Waals surface area contributed by atoms with Gasteiger partial charge in [-0.15, -0.1) is 0 Å². The molecule has 0 aromatic heterocycles. The predicted molar refractivity (Wildman–Crippen MR) is 170 cm³/mol. The van der Waals surface area contributed by atoms with E-state index in [1.807, 2.05) is 6.92 Å². The van der Waals surface area contributed by atoms with Crippen molar-refractivity contribution in [1.29, 1.82) is 0 Å². The van der Waals surface area contributed by atoms with Crippen LogP contribution in [0.4, 0.5) is 0 Å². The minimum Gasteiger partial charge on any atom is -0.462 e. The van der Waals surface area contributed by atoms with Crippen molar-refractivity contribution < 1.29 is 24.2 Å². The molecule has 0 bridgehead atoms. The zero-order valence-corrected chi connectivity index (χ0v) is 26.6. The summed E-state index contributed by atoms with van der Waals surface area (Å²) in [4.78, 5) is 24.2. The van der Waals surface area contributed by atoms with Crippen molar-refractivity contribution >= 4 is 11.9 Å². The third kappa shape index (κ3) is 10.7. The molecule has 0 aliphatic heterocycles. The van der Waals surface area contributed by atoms with Gasteiger partial charge in [0.1, 0.15) is 13.2 Å². The van der Waals surface area contributed by atoms with Crippen LogP contribution in [0.5, 0.6) is 0 Å². The van der Waals surface area contributed by atoms with Crippen molar-refractivity contribution in [2.24, 2.45) is 23.2 Å². The molecule has 0 spiro atoms. The Hall–Kier alpha value is -2.40. The number of ether oxygens (including phenoxy) is 2. The van der Waals surface area contributed by atoms with E-state index in [0.29, 0.717) is 11.5 Å². The number of hydrogen-bond acceptors (Lipinski definition) is 5. The Morgan fingerprint density at radius 1 is 0.881 bits per heavy atom. The molecule has 2 aliphatic rings. The van der Waals surface area contributed by atoms with E-state index in [1.165, 1.54) is 82.6 Å². The normalized spacial score (nSPS) is 23.9. The molecule has 3 rings (SSSR count). The molecule has 1 atom stereocenters. The number of rotatable bonds is 16. The standard InChI is InChI=1S/C37H56O5/c1-6-7-8-9-29-10-14-31(15-11-29)33-18-20-34(21-19-33)32-16-12-30(13-17-32)22-23-37(5,25-41-35(39)27(2)3)26-42-36(40)28(4)24-38/h10-11,14-15,30,32-34,38H,2,4,6-9,12-13,16-26H2,1,3,5H3. The highest BCUT2D eigenvalue weighted by Gasteiger charge is 2.34. The molecule has 2 saturated carbocycles. The van der Waals surface area contributed by atoms with Gasteiger partial charge >= 0.3 is 11.9 Å². The monoisotopic (exact) mass is 580 g/mol. The maximum Gasteiger partial charge on any atom is 0.335 e. The summed E-state index contributed by atoms with van der Waals surface area (Å²) in [7, 11) is 0. The van der Waals surface area contributed by atoms with Crippen LogP contribution in [0.25, 0.3) is 0 Å². The van der Waals surface area contributed by atoms with E-state index in [4.69, 9.17) is 9.47 Å². The third-order valence-electron chi connectivity index (χ3n) is 9.94. The fourth-order valence-electron chi connectivity index (χ4n) is 6.92. The molecule has 1 N–H and O–H groups in total. The fraction of sp³-hybridized carbons (Fsp3) is 0.676. The van der Waals surface area contributed by atoms with Gasteiger partial charge in [0.2, 0.25) is 0 Å². The first-order chi connectivity index (χ1) is 20.1. The van der Waals surface area contributed by atoms with Gasteiger partial charge in [0.05, 0.1) is 12.2 Å². The van der Waals surface area contributed by atoms with Crippen molar-refractivity contribution in [2.45, 2.75) is 117 Å². The summed E-state index contributed by atoms with van der Waals surface area (Å²) in [5.41, 5.74) is 2.91. The number of benzene rings is 1. The van der Waals surface area contributed by atoms with Crippen LogP contribution in [-0.2, 0) is 25.5 Å². The van der Waals surface area contributed by atoms with Gasteiger partial charge in [-0.05, 0) is 106 Å². The summed E-state index contributed by atoms with van der Waals surface area (Å²) in [6.07, 6.45) is 17.4. The average Bonchev–Trinajstić information content (AvgIpc) is 3.02. The molecule has 2 aliphatic carbocycles. The first-order valence-electron chi connectivity index (χ1n) is 16.5. The first-order valence-corrected chi connectivity index (χ1v) is 16.5. The molecule has 42 heavy (non-hydrogen) atoms. The van der Waals surface area contributed by atoms with Gasteiger partial charge in [-0.25, -0.2) is 9.59 Å². The summed E-state index contributed by atoms with van der Waals surface area (Å²) >= 11 is 0. The molecule has 2 fully saturated rings. The zero-order chi connectivity index (χ0) is 30.5. The van der Waals surface area contributed by atoms with Crippen LogP contribution in [0.15, 0.2) is 48.6 Å². The highest BCUT2D eigenvalue weighted by molar-refractivity contribution is 5.88. The smallest absolute Gasteiger partial charge is 0.335 e. The number of hydrogen-bond donors (Lipinski definition) is 1. The molecular weight excluding hydrogens is 524 g/mol. The number of unbranched alkanes of at least 4 members (excludes halogenated alkanes) is 2. The number of aliphatic hydroxyl groups excluding tert-OH is 1. The largest absolute Gasteiger partial charge is 0.462 e. The summed E-state index contributed by atoms with van der Waals surface area (Å²) in [5, 5.41) is 9.19. The molecule has 5 heteroatoms. The van der Waals surface area contributed by atoms with Crippen molar-refractivity contribution in [3.8, 4) is 0 Å². The summed E-state index contributed by atoms with van der Waals surface area (Å²) < 4.78 is 10.9. The van der Waals surface area contributed by atoms with E-state index in [1.54, 1.807) is 12.5 Å². The quantitative estimate of drug-likeness (QED) is 0.121. The number of aliphatic hydroxyl groups is 1. The minimum absolute atomic E-state index is 0.0272. The van der Waals surface area contributed by atoms with Crippen molar-refractivity contribution in [2.75, 3.05) is 19.8 Å². The Balaban J connectivity index is 1.43. The molecule has 234 valence electrons. The Morgan fingerprint density at radius 3 is 2.00 bits per heavy atom. The van der Waals surface area contributed by atoms with E-state index in [9.17, 15) is 14.7 Å². The summed E-state index contributed by atoms with van der Waals surface area (Å²) in [5.74, 6) is 2.04. The first kappa shape index (κ1) is 34.1. The predicted octanol–water partition coefficient (Wildman–Crippen LogP) is 8.50. The van der Waals surface area contributed by atoms with Crippen LogP contribution in [0, 0.1) is 23.2 Å². The van der Waals surface area contributed by atoms with Gasteiger partial charge in [-0.1, -0.05) is 77.0 Å². The minimum atomic E-state index is -0.607. The van der Waals surface area contributed by atoms with Crippen LogP contribution >= 0.6 is 0 Å². The van der Waals surface area contributed by atoms with Crippen LogP contribution in [-0.4, -0.2) is 36.9 Å². The van der Waals surface area contributed by atoms with E-state index in [0.717, 1.165) is 30.6 Å². The van der Waals surface area contributed by atoms with Crippen LogP contribution in [0.3, 0.4) is 0 Å². The number of aryl methyl sites for hydroxylation is 1. The van der Waals surface area contributed by atoms with Crippen molar-refractivity contribution in [3.63, 3.8) is 0 Å². The van der Waals surface area contributed by atoms with Crippen molar-refractivity contribution in [3.05, 3.63) is 59.7 Å². The average molecular weight is 581 g/mol. The number of carbonyl (C=O) groups is 2. The second-order valence-corrected chi connectivity index (χ2v) is 13.6. The van der Waals surface area contributed by atoms with E-state index in [-0.39, 0.29) is 18.8 Å². The van der Waals surface area contributed by atoms with E-state index in [2.05, 4.69) is 44.3 Å².